The van der Waals surface area contributed by atoms with E-state index in [0.717, 1.165) is 11.3 Å². The molecule has 0 aliphatic rings. The molecule has 0 aliphatic heterocycles. The summed E-state index contributed by atoms with van der Waals surface area (Å²) < 4.78 is 0. The third kappa shape index (κ3) is 6.35. The quantitative estimate of drug-likeness (QED) is 0.469. The van der Waals surface area contributed by atoms with Gasteiger partial charge in [0.1, 0.15) is 0 Å². The molecule has 1 rings (SSSR count). The molecule has 0 radical (unpaired) electrons. The minimum absolute atomic E-state index is 0.264. The largest absolute Gasteiger partial charge is 0.479 e. The van der Waals surface area contributed by atoms with Crippen LogP contribution in [-0.4, -0.2) is 41.7 Å². The normalized spacial score (nSPS) is 13.2. The van der Waals surface area contributed by atoms with Crippen LogP contribution >= 0.6 is 24.4 Å². The summed E-state index contributed by atoms with van der Waals surface area (Å²) in [7, 11) is 3.93. The molecule has 0 bridgehead atoms. The van der Waals surface area contributed by atoms with Crippen molar-refractivity contribution in [2.24, 2.45) is 0 Å². The van der Waals surface area contributed by atoms with Crippen molar-refractivity contribution >= 4 is 42.0 Å². The van der Waals surface area contributed by atoms with Crippen molar-refractivity contribution in [3.63, 3.8) is 0 Å². The van der Waals surface area contributed by atoms with Crippen LogP contribution in [0.25, 0.3) is 0 Å². The lowest BCUT2D eigenvalue weighted by molar-refractivity contribution is -0.142. The van der Waals surface area contributed by atoms with Crippen LogP contribution in [0.1, 0.15) is 25.3 Å². The fourth-order valence-electron chi connectivity index (χ4n) is 1.84. The lowest BCUT2D eigenvalue weighted by Gasteiger charge is -2.25. The highest BCUT2D eigenvalue weighted by Gasteiger charge is 2.35. The van der Waals surface area contributed by atoms with Gasteiger partial charge in [0.15, 0.2) is 4.87 Å². The molecule has 0 saturated carbocycles. The van der Waals surface area contributed by atoms with Crippen molar-refractivity contribution in [1.29, 1.82) is 0 Å². The Morgan fingerprint density at radius 3 is 2.39 bits per heavy atom. The molecule has 128 valence electrons. The first-order valence-electron chi connectivity index (χ1n) is 7.34. The monoisotopic (exact) mass is 356 g/mol. The first-order chi connectivity index (χ1) is 10.8. The summed E-state index contributed by atoms with van der Waals surface area (Å²) >= 11 is 5.25. The van der Waals surface area contributed by atoms with E-state index < -0.39 is 10.8 Å². The molecule has 5 nitrogen and oxygen atoms in total. The van der Waals surface area contributed by atoms with Crippen molar-refractivity contribution in [2.75, 3.05) is 24.7 Å². The third-order valence-electron chi connectivity index (χ3n) is 3.33. The van der Waals surface area contributed by atoms with Gasteiger partial charge in [-0.3, -0.25) is 4.79 Å². The van der Waals surface area contributed by atoms with E-state index in [2.05, 4.69) is 17.9 Å². The van der Waals surface area contributed by atoms with Gasteiger partial charge in [0, 0.05) is 32.0 Å². The molecule has 0 aliphatic carbocycles. The van der Waals surface area contributed by atoms with Crippen molar-refractivity contribution in [2.45, 2.75) is 30.4 Å². The number of nitrogens with zero attached hydrogens (tertiary/aromatic N) is 1. The van der Waals surface area contributed by atoms with Crippen molar-refractivity contribution < 1.29 is 14.7 Å². The summed E-state index contributed by atoms with van der Waals surface area (Å²) in [4.78, 5) is 24.0. The molecule has 1 aromatic carbocycles. The van der Waals surface area contributed by atoms with Crippen molar-refractivity contribution in [1.82, 2.24) is 5.32 Å². The summed E-state index contributed by atoms with van der Waals surface area (Å²) in [5.74, 6) is -0.211. The van der Waals surface area contributed by atoms with Gasteiger partial charge < -0.3 is 15.3 Å². The van der Waals surface area contributed by atoms with E-state index in [9.17, 15) is 14.7 Å². The number of rotatable bonds is 9. The molecular formula is C16H24N2O3S2. The molecule has 2 N–H and O–H groups in total. The maximum absolute atomic E-state index is 11.8. The number of carbonyl (C=O) groups is 2. The van der Waals surface area contributed by atoms with Crippen LogP contribution in [0.2, 0.25) is 0 Å². The summed E-state index contributed by atoms with van der Waals surface area (Å²) in [5, 5.41) is 12.1. The molecule has 0 aromatic heterocycles. The predicted molar refractivity (Wildman–Crippen MR) is 99.3 cm³/mol. The molecule has 0 saturated heterocycles. The van der Waals surface area contributed by atoms with Gasteiger partial charge in [0.25, 0.3) is 0 Å². The first-order valence-corrected chi connectivity index (χ1v) is 8.96. The molecule has 7 heteroatoms. The van der Waals surface area contributed by atoms with E-state index >= 15 is 0 Å². The maximum Gasteiger partial charge on any atom is 0.339 e. The van der Waals surface area contributed by atoms with Crippen LogP contribution in [0.15, 0.2) is 24.3 Å². The number of carboxylic acids is 1. The minimum Gasteiger partial charge on any atom is -0.479 e. The Morgan fingerprint density at radius 1 is 1.30 bits per heavy atom. The lowest BCUT2D eigenvalue weighted by Crippen LogP contribution is -2.49. The Morgan fingerprint density at radius 2 is 1.91 bits per heavy atom. The van der Waals surface area contributed by atoms with Gasteiger partial charge in [0.2, 0.25) is 5.91 Å². The highest BCUT2D eigenvalue weighted by Crippen LogP contribution is 2.27. The Labute approximate surface area is 147 Å². The second kappa shape index (κ2) is 9.08. The first kappa shape index (κ1) is 19.7. The van der Waals surface area contributed by atoms with Crippen LogP contribution in [0.3, 0.4) is 0 Å². The van der Waals surface area contributed by atoms with Crippen molar-refractivity contribution in [3.8, 4) is 0 Å². The topological polar surface area (TPSA) is 69.6 Å². The molecule has 1 unspecified atom stereocenters. The average Bonchev–Trinajstić information content (AvgIpc) is 2.51. The number of anilines is 1. The zero-order chi connectivity index (χ0) is 17.5. The molecule has 1 aromatic rings. The number of amides is 1. The van der Waals surface area contributed by atoms with E-state index in [4.69, 9.17) is 0 Å². The number of carbonyl (C=O) groups excluding carboxylic acids is 1. The fraction of sp³-hybridized carbons (Fsp3) is 0.500. The van der Waals surface area contributed by atoms with E-state index in [1.807, 2.05) is 43.3 Å². The highest BCUT2D eigenvalue weighted by molar-refractivity contribution is 8.00. The number of thiol groups is 1. The number of aliphatic carboxylic acids is 1. The Bertz CT molecular complexity index is 535. The molecule has 0 fully saturated rings. The van der Waals surface area contributed by atoms with Gasteiger partial charge in [-0.15, -0.1) is 11.8 Å². The smallest absolute Gasteiger partial charge is 0.339 e. The van der Waals surface area contributed by atoms with E-state index in [1.54, 1.807) is 0 Å². The van der Waals surface area contributed by atoms with E-state index in [1.165, 1.54) is 18.7 Å². The van der Waals surface area contributed by atoms with Crippen LogP contribution in [0, 0.1) is 0 Å². The fourth-order valence-corrected chi connectivity index (χ4v) is 2.95. The SMILES string of the molecule is CN(C)c1ccc(CSC(C)(NC(=O)CCCS)C(=O)O)cc1. The number of carboxylic acid groups (broad SMARTS) is 1. The summed E-state index contributed by atoms with van der Waals surface area (Å²) in [6.07, 6.45) is 0.909. The third-order valence-corrected chi connectivity index (χ3v) is 4.98. The van der Waals surface area contributed by atoms with Gasteiger partial charge in [-0.05, 0) is 36.8 Å². The van der Waals surface area contributed by atoms with Gasteiger partial charge in [0.05, 0.1) is 0 Å². The second-order valence-electron chi connectivity index (χ2n) is 5.56. The zero-order valence-electron chi connectivity index (χ0n) is 13.7. The van der Waals surface area contributed by atoms with Gasteiger partial charge in [-0.1, -0.05) is 12.1 Å². The summed E-state index contributed by atoms with van der Waals surface area (Å²) in [5.41, 5.74) is 2.09. The zero-order valence-corrected chi connectivity index (χ0v) is 15.4. The Hall–Kier alpha value is -1.34. The highest BCUT2D eigenvalue weighted by atomic mass is 32.2. The Balaban J connectivity index is 2.68. The van der Waals surface area contributed by atoms with Gasteiger partial charge >= 0.3 is 5.97 Å². The molecular weight excluding hydrogens is 332 g/mol. The Kier molecular flexibility index (Phi) is 7.78. The number of thioether (sulfide) groups is 1. The standard InChI is InChI=1S/C16H24N2O3S2/c1-16(15(20)21,17-14(19)5-4-10-22)23-11-12-6-8-13(9-7-12)18(2)3/h6-9,22H,4-5,10-11H2,1-3H3,(H,17,19)(H,20,21). The number of hydrogen-bond acceptors (Lipinski definition) is 5. The summed E-state index contributed by atoms with van der Waals surface area (Å²) in [6, 6.07) is 7.90. The van der Waals surface area contributed by atoms with Crippen molar-refractivity contribution in [3.05, 3.63) is 29.8 Å². The molecule has 1 amide bonds. The average molecular weight is 357 g/mol. The van der Waals surface area contributed by atoms with Crippen LogP contribution in [0.4, 0.5) is 5.69 Å². The number of nitrogens with one attached hydrogen (secondary N) is 1. The van der Waals surface area contributed by atoms with Crippen LogP contribution in [-0.2, 0) is 15.3 Å². The molecule has 0 spiro atoms. The summed E-state index contributed by atoms with van der Waals surface area (Å²) in [6.45, 7) is 1.52. The number of hydrogen-bond donors (Lipinski definition) is 3. The molecule has 1 atom stereocenters. The van der Waals surface area contributed by atoms with Crippen LogP contribution < -0.4 is 10.2 Å². The molecule has 23 heavy (non-hydrogen) atoms. The lowest BCUT2D eigenvalue weighted by atomic mass is 10.2. The molecule has 0 heterocycles. The minimum atomic E-state index is -1.34. The van der Waals surface area contributed by atoms with Gasteiger partial charge in [-0.25, -0.2) is 4.79 Å². The predicted octanol–water partition coefficient (Wildman–Crippen LogP) is 2.61. The van der Waals surface area contributed by atoms with Crippen LogP contribution in [0.5, 0.6) is 0 Å². The van der Waals surface area contributed by atoms with Gasteiger partial charge in [-0.2, -0.15) is 12.6 Å². The second-order valence-corrected chi connectivity index (χ2v) is 7.40. The maximum atomic E-state index is 11.8. The number of benzene rings is 1. The van der Waals surface area contributed by atoms with E-state index in [0.29, 0.717) is 17.9 Å². The van der Waals surface area contributed by atoms with E-state index in [-0.39, 0.29) is 12.3 Å².